The number of carbonyl (C=O) groups excluding carboxylic acids is 2. The molecule has 2 aromatic carbocycles. The number of hydrogen-bond acceptors (Lipinski definition) is 4. The van der Waals surface area contributed by atoms with Crippen LogP contribution in [0.3, 0.4) is 0 Å². The van der Waals surface area contributed by atoms with Gasteiger partial charge >= 0.3 is 0 Å². The monoisotopic (exact) mass is 327 g/mol. The van der Waals surface area contributed by atoms with Crippen molar-refractivity contribution in [3.63, 3.8) is 0 Å². The Morgan fingerprint density at radius 3 is 2.67 bits per heavy atom. The molecule has 0 aliphatic rings. The molecule has 0 aromatic heterocycles. The lowest BCUT2D eigenvalue weighted by molar-refractivity contribution is -0.114. The van der Waals surface area contributed by atoms with Gasteiger partial charge in [0.15, 0.2) is 0 Å². The van der Waals surface area contributed by atoms with E-state index in [4.69, 9.17) is 10.5 Å². The predicted molar refractivity (Wildman–Crippen MR) is 94.3 cm³/mol. The van der Waals surface area contributed by atoms with Crippen molar-refractivity contribution in [1.29, 1.82) is 0 Å². The second kappa shape index (κ2) is 8.57. The van der Waals surface area contributed by atoms with E-state index in [1.807, 2.05) is 31.2 Å². The van der Waals surface area contributed by atoms with Crippen LogP contribution in [0.4, 0.5) is 11.4 Å². The minimum atomic E-state index is -0.584. The van der Waals surface area contributed by atoms with Crippen LogP contribution in [0, 0.1) is 0 Å². The van der Waals surface area contributed by atoms with E-state index in [0.29, 0.717) is 12.3 Å². The summed E-state index contributed by atoms with van der Waals surface area (Å²) < 4.78 is 5.55. The summed E-state index contributed by atoms with van der Waals surface area (Å²) in [7, 11) is 0. The molecule has 0 bridgehead atoms. The smallest absolute Gasteiger partial charge is 0.250 e. The number of amides is 2. The highest BCUT2D eigenvalue weighted by molar-refractivity contribution is 6.03. The van der Waals surface area contributed by atoms with E-state index in [2.05, 4.69) is 10.6 Å². The first-order valence-electron chi connectivity index (χ1n) is 7.75. The van der Waals surface area contributed by atoms with Crippen LogP contribution >= 0.6 is 0 Å². The molecule has 0 radical (unpaired) electrons. The van der Waals surface area contributed by atoms with Crippen LogP contribution in [-0.4, -0.2) is 25.0 Å². The summed E-state index contributed by atoms with van der Waals surface area (Å²) in [5, 5.41) is 5.70. The van der Waals surface area contributed by atoms with Crippen LogP contribution in [0.5, 0.6) is 5.75 Å². The van der Waals surface area contributed by atoms with Crippen molar-refractivity contribution in [3.05, 3.63) is 54.1 Å². The van der Waals surface area contributed by atoms with Gasteiger partial charge in [-0.1, -0.05) is 25.1 Å². The number of rotatable bonds is 8. The average molecular weight is 327 g/mol. The summed E-state index contributed by atoms with van der Waals surface area (Å²) in [4.78, 5) is 23.4. The Morgan fingerprint density at radius 1 is 1.12 bits per heavy atom. The SMILES string of the molecule is CCCOc1cccc(NCC(=O)Nc2ccccc2C(N)=O)c1. The molecule has 6 heteroatoms. The Bertz CT molecular complexity index is 716. The van der Waals surface area contributed by atoms with Gasteiger partial charge in [-0.25, -0.2) is 0 Å². The molecule has 0 saturated heterocycles. The van der Waals surface area contributed by atoms with Gasteiger partial charge in [-0.3, -0.25) is 9.59 Å². The summed E-state index contributed by atoms with van der Waals surface area (Å²) in [6.07, 6.45) is 0.930. The topological polar surface area (TPSA) is 93.4 Å². The zero-order valence-electron chi connectivity index (χ0n) is 13.5. The second-order valence-electron chi connectivity index (χ2n) is 5.19. The zero-order valence-corrected chi connectivity index (χ0v) is 13.5. The number of benzene rings is 2. The number of para-hydroxylation sites is 1. The van der Waals surface area contributed by atoms with Gasteiger partial charge < -0.3 is 21.1 Å². The van der Waals surface area contributed by atoms with Crippen LogP contribution in [0.25, 0.3) is 0 Å². The van der Waals surface area contributed by atoms with Crippen LogP contribution in [-0.2, 0) is 4.79 Å². The average Bonchev–Trinajstić information content (AvgIpc) is 2.59. The maximum Gasteiger partial charge on any atom is 0.250 e. The molecule has 2 amide bonds. The number of carbonyl (C=O) groups is 2. The summed E-state index contributed by atoms with van der Waals surface area (Å²) >= 11 is 0. The van der Waals surface area contributed by atoms with Gasteiger partial charge in [0.25, 0.3) is 5.91 Å². The van der Waals surface area contributed by atoms with Gasteiger partial charge in [-0.2, -0.15) is 0 Å². The molecular weight excluding hydrogens is 306 g/mol. The minimum Gasteiger partial charge on any atom is -0.494 e. The quantitative estimate of drug-likeness (QED) is 0.695. The van der Waals surface area contributed by atoms with Crippen LogP contribution in [0.15, 0.2) is 48.5 Å². The molecule has 0 fully saturated rings. The fourth-order valence-electron chi connectivity index (χ4n) is 2.10. The number of primary amides is 1. The number of hydrogen-bond donors (Lipinski definition) is 3. The van der Waals surface area contributed by atoms with Gasteiger partial charge in [-0.15, -0.1) is 0 Å². The van der Waals surface area contributed by atoms with E-state index in [0.717, 1.165) is 17.9 Å². The Balaban J connectivity index is 1.93. The molecule has 0 atom stereocenters. The van der Waals surface area contributed by atoms with E-state index < -0.39 is 5.91 Å². The first-order valence-corrected chi connectivity index (χ1v) is 7.75. The lowest BCUT2D eigenvalue weighted by Crippen LogP contribution is -2.24. The number of nitrogens with two attached hydrogens (primary N) is 1. The van der Waals surface area contributed by atoms with Crippen molar-refractivity contribution in [2.45, 2.75) is 13.3 Å². The molecule has 2 rings (SSSR count). The standard InChI is InChI=1S/C18H21N3O3/c1-2-10-24-14-7-5-6-13(11-14)20-12-17(22)21-16-9-4-3-8-15(16)18(19)23/h3-9,11,20H,2,10,12H2,1H3,(H2,19,23)(H,21,22). The third-order valence-electron chi connectivity index (χ3n) is 3.23. The predicted octanol–water partition coefficient (Wildman–Crippen LogP) is 2.62. The third-order valence-corrected chi connectivity index (χ3v) is 3.23. The number of anilines is 2. The lowest BCUT2D eigenvalue weighted by atomic mass is 10.1. The Labute approximate surface area is 141 Å². The van der Waals surface area contributed by atoms with Crippen molar-refractivity contribution in [2.24, 2.45) is 5.73 Å². The van der Waals surface area contributed by atoms with Crippen LogP contribution in [0.2, 0.25) is 0 Å². The van der Waals surface area contributed by atoms with Crippen molar-refractivity contribution >= 4 is 23.2 Å². The molecule has 0 saturated carbocycles. The van der Waals surface area contributed by atoms with Gasteiger partial charge in [0.2, 0.25) is 5.91 Å². The molecule has 4 N–H and O–H groups in total. The van der Waals surface area contributed by atoms with Crippen molar-refractivity contribution in [3.8, 4) is 5.75 Å². The molecule has 126 valence electrons. The van der Waals surface area contributed by atoms with E-state index >= 15 is 0 Å². The molecule has 0 heterocycles. The zero-order chi connectivity index (χ0) is 17.4. The highest BCUT2D eigenvalue weighted by Crippen LogP contribution is 2.18. The van der Waals surface area contributed by atoms with Gasteiger partial charge in [0.05, 0.1) is 24.4 Å². The summed E-state index contributed by atoms with van der Waals surface area (Å²) in [6.45, 7) is 2.74. The van der Waals surface area contributed by atoms with Gasteiger partial charge in [-0.05, 0) is 30.7 Å². The van der Waals surface area contributed by atoms with Gasteiger partial charge in [0.1, 0.15) is 5.75 Å². The van der Waals surface area contributed by atoms with Gasteiger partial charge in [0, 0.05) is 11.8 Å². The van der Waals surface area contributed by atoms with E-state index in [1.165, 1.54) is 0 Å². The summed E-state index contributed by atoms with van der Waals surface area (Å²) in [6, 6.07) is 14.0. The second-order valence-corrected chi connectivity index (χ2v) is 5.19. The fourth-order valence-corrected chi connectivity index (χ4v) is 2.10. The van der Waals surface area contributed by atoms with E-state index in [1.54, 1.807) is 24.3 Å². The Hall–Kier alpha value is -3.02. The van der Waals surface area contributed by atoms with E-state index in [9.17, 15) is 9.59 Å². The maximum absolute atomic E-state index is 12.1. The van der Waals surface area contributed by atoms with Crippen molar-refractivity contribution < 1.29 is 14.3 Å². The lowest BCUT2D eigenvalue weighted by Gasteiger charge is -2.11. The normalized spacial score (nSPS) is 10.0. The van der Waals surface area contributed by atoms with Crippen molar-refractivity contribution in [1.82, 2.24) is 0 Å². The molecule has 0 aliphatic heterocycles. The van der Waals surface area contributed by atoms with Crippen LogP contribution in [0.1, 0.15) is 23.7 Å². The summed E-state index contributed by atoms with van der Waals surface area (Å²) in [5.41, 5.74) is 6.75. The Kier molecular flexibility index (Phi) is 6.19. The Morgan fingerprint density at radius 2 is 1.92 bits per heavy atom. The molecule has 0 aliphatic carbocycles. The van der Waals surface area contributed by atoms with Crippen molar-refractivity contribution in [2.75, 3.05) is 23.8 Å². The summed E-state index contributed by atoms with van der Waals surface area (Å²) in [5.74, 6) is -0.107. The fraction of sp³-hybridized carbons (Fsp3) is 0.222. The highest BCUT2D eigenvalue weighted by Gasteiger charge is 2.10. The largest absolute Gasteiger partial charge is 0.494 e. The molecule has 2 aromatic rings. The third kappa shape index (κ3) is 5.01. The van der Waals surface area contributed by atoms with Crippen LogP contribution < -0.4 is 21.1 Å². The number of ether oxygens (including phenoxy) is 1. The van der Waals surface area contributed by atoms with E-state index in [-0.39, 0.29) is 18.0 Å². The molecule has 0 unspecified atom stereocenters. The first kappa shape index (κ1) is 17.3. The first-order chi connectivity index (χ1) is 11.6. The minimum absolute atomic E-state index is 0.0598. The molecular formula is C18H21N3O3. The highest BCUT2D eigenvalue weighted by atomic mass is 16.5. The molecule has 24 heavy (non-hydrogen) atoms. The number of nitrogens with one attached hydrogen (secondary N) is 2. The molecule has 0 spiro atoms. The molecule has 6 nitrogen and oxygen atoms in total. The maximum atomic E-state index is 12.1.